The molecule has 0 spiro atoms. The van der Waals surface area contributed by atoms with Crippen molar-refractivity contribution in [3.63, 3.8) is 0 Å². The van der Waals surface area contributed by atoms with Crippen LogP contribution in [-0.4, -0.2) is 23.1 Å². The molecule has 112 valence electrons. The quantitative estimate of drug-likeness (QED) is 0.290. The molecule has 1 aliphatic rings. The summed E-state index contributed by atoms with van der Waals surface area (Å²) in [6.45, 7) is 1.12. The van der Waals surface area contributed by atoms with Gasteiger partial charge in [0.1, 0.15) is 11.6 Å². The Morgan fingerprint density at radius 3 is 2.52 bits per heavy atom. The van der Waals surface area contributed by atoms with Crippen LogP contribution in [0.4, 0.5) is 13.2 Å². The van der Waals surface area contributed by atoms with Gasteiger partial charge in [-0.05, 0) is 41.8 Å². The molecule has 1 aromatic carbocycles. The number of Topliss-reactive ketones (excluding diaryl/α,β-unsaturated/α-hetero) is 1. The first kappa shape index (κ1) is 15.8. The third-order valence-corrected chi connectivity index (χ3v) is 3.52. The average molecular weight is 362 g/mol. The molecule has 1 saturated carbocycles. The van der Waals surface area contributed by atoms with Crippen molar-refractivity contribution >= 4 is 33.7 Å². The summed E-state index contributed by atoms with van der Waals surface area (Å²) in [6.07, 6.45) is 2.80. The van der Waals surface area contributed by atoms with Crippen LogP contribution in [-0.2, 0) is 4.79 Å². The first-order chi connectivity index (χ1) is 9.82. The van der Waals surface area contributed by atoms with Crippen LogP contribution in [0.2, 0.25) is 0 Å². The summed E-state index contributed by atoms with van der Waals surface area (Å²) < 4.78 is 40.7. The zero-order chi connectivity index (χ0) is 15.7. The van der Waals surface area contributed by atoms with Crippen molar-refractivity contribution in [3.8, 4) is 0 Å². The number of aliphatic hydroxyl groups is 1. The van der Waals surface area contributed by atoms with Gasteiger partial charge in [0.05, 0.1) is 21.7 Å². The molecule has 21 heavy (non-hydrogen) atoms. The number of carbonyl (C=O) groups excluding carboxylic acids is 1. The van der Waals surface area contributed by atoms with Crippen LogP contribution >= 0.6 is 15.9 Å². The molecule has 1 aromatic rings. The Labute approximate surface area is 127 Å². The van der Waals surface area contributed by atoms with Gasteiger partial charge in [0, 0.05) is 6.21 Å². The van der Waals surface area contributed by atoms with Gasteiger partial charge < -0.3 is 5.11 Å². The largest absolute Gasteiger partial charge is 0.506 e. The van der Waals surface area contributed by atoms with Gasteiger partial charge in [-0.1, -0.05) is 0 Å². The summed E-state index contributed by atoms with van der Waals surface area (Å²) >= 11 is 2.66. The van der Waals surface area contributed by atoms with Crippen molar-refractivity contribution in [2.24, 2.45) is 4.99 Å². The van der Waals surface area contributed by atoms with E-state index >= 15 is 0 Å². The minimum atomic E-state index is -1.57. The van der Waals surface area contributed by atoms with Crippen molar-refractivity contribution in [3.05, 3.63) is 39.1 Å². The van der Waals surface area contributed by atoms with Crippen LogP contribution in [0.1, 0.15) is 25.3 Å². The molecule has 0 unspecified atom stereocenters. The number of allylic oxidation sites excluding steroid dienone is 1. The lowest BCUT2D eigenvalue weighted by molar-refractivity contribution is -0.113. The zero-order valence-electron chi connectivity index (χ0n) is 11.0. The van der Waals surface area contributed by atoms with Gasteiger partial charge in [0.25, 0.3) is 0 Å². The van der Waals surface area contributed by atoms with E-state index in [0.29, 0.717) is 6.07 Å². The van der Waals surface area contributed by atoms with E-state index in [1.165, 1.54) is 0 Å². The van der Waals surface area contributed by atoms with Crippen LogP contribution in [0.5, 0.6) is 0 Å². The van der Waals surface area contributed by atoms with E-state index in [1.54, 1.807) is 0 Å². The number of hydrogen-bond acceptors (Lipinski definition) is 3. The SMILES string of the molecule is CC(=O)/C(C=NC1CC1)=C(\O)c1c(F)cc(Br)c(F)c1F. The second-order valence-electron chi connectivity index (χ2n) is 4.67. The van der Waals surface area contributed by atoms with E-state index in [-0.39, 0.29) is 11.6 Å². The highest BCUT2D eigenvalue weighted by molar-refractivity contribution is 9.10. The predicted octanol–water partition coefficient (Wildman–Crippen LogP) is 3.96. The van der Waals surface area contributed by atoms with Crippen LogP contribution in [0.15, 0.2) is 21.1 Å². The number of nitrogens with zero attached hydrogens (tertiary/aromatic N) is 1. The van der Waals surface area contributed by atoms with Gasteiger partial charge in [-0.25, -0.2) is 13.2 Å². The van der Waals surface area contributed by atoms with E-state index in [2.05, 4.69) is 20.9 Å². The van der Waals surface area contributed by atoms with Gasteiger partial charge in [-0.2, -0.15) is 0 Å². The van der Waals surface area contributed by atoms with Crippen molar-refractivity contribution in [2.45, 2.75) is 25.8 Å². The van der Waals surface area contributed by atoms with Crippen LogP contribution in [0.3, 0.4) is 0 Å². The van der Waals surface area contributed by atoms with E-state index in [4.69, 9.17) is 0 Å². The monoisotopic (exact) mass is 361 g/mol. The number of benzene rings is 1. The Morgan fingerprint density at radius 2 is 2.00 bits per heavy atom. The summed E-state index contributed by atoms with van der Waals surface area (Å²) in [6, 6.07) is 0.739. The van der Waals surface area contributed by atoms with E-state index < -0.39 is 39.0 Å². The molecule has 0 aliphatic heterocycles. The minimum Gasteiger partial charge on any atom is -0.506 e. The van der Waals surface area contributed by atoms with Crippen LogP contribution in [0.25, 0.3) is 5.76 Å². The summed E-state index contributed by atoms with van der Waals surface area (Å²) in [7, 11) is 0. The maximum absolute atomic E-state index is 13.8. The number of aliphatic imine (C=N–C) groups is 1. The third kappa shape index (κ3) is 3.34. The Kier molecular flexibility index (Phi) is 4.51. The molecule has 0 amide bonds. The lowest BCUT2D eigenvalue weighted by Gasteiger charge is -2.09. The smallest absolute Gasteiger partial charge is 0.173 e. The molecule has 0 heterocycles. The maximum atomic E-state index is 13.8. The summed E-state index contributed by atoms with van der Waals surface area (Å²) in [5.74, 6) is -5.69. The third-order valence-electron chi connectivity index (χ3n) is 2.95. The number of rotatable bonds is 4. The Balaban J connectivity index is 2.58. The summed E-state index contributed by atoms with van der Waals surface area (Å²) in [5.41, 5.74) is -1.34. The fraction of sp³-hybridized carbons (Fsp3) is 0.286. The fourth-order valence-electron chi connectivity index (χ4n) is 1.64. The Bertz CT molecular complexity index is 667. The highest BCUT2D eigenvalue weighted by Crippen LogP contribution is 2.30. The molecule has 0 saturated heterocycles. The molecule has 1 aliphatic carbocycles. The molecule has 1 N–H and O–H groups in total. The van der Waals surface area contributed by atoms with Crippen molar-refractivity contribution in [2.75, 3.05) is 0 Å². The van der Waals surface area contributed by atoms with Crippen LogP contribution < -0.4 is 0 Å². The van der Waals surface area contributed by atoms with Crippen molar-refractivity contribution < 1.29 is 23.1 Å². The second-order valence-corrected chi connectivity index (χ2v) is 5.53. The first-order valence-electron chi connectivity index (χ1n) is 6.13. The first-order valence-corrected chi connectivity index (χ1v) is 6.93. The highest BCUT2D eigenvalue weighted by Gasteiger charge is 2.25. The number of halogens is 4. The van der Waals surface area contributed by atoms with Crippen molar-refractivity contribution in [1.29, 1.82) is 0 Å². The zero-order valence-corrected chi connectivity index (χ0v) is 12.5. The standard InChI is InChI=1S/C14H11BrF3NO2/c1-6(20)8(5-19-7-2-3-7)14(21)11-10(16)4-9(15)12(17)13(11)18/h4-5,7,21H,2-3H2,1H3/b14-8-,19-5?. The van der Waals surface area contributed by atoms with E-state index in [1.807, 2.05) is 0 Å². The van der Waals surface area contributed by atoms with Gasteiger partial charge in [-0.3, -0.25) is 9.79 Å². The molecular weight excluding hydrogens is 351 g/mol. The average Bonchev–Trinajstić information content (AvgIpc) is 3.20. The van der Waals surface area contributed by atoms with Crippen LogP contribution in [0, 0.1) is 17.5 Å². The molecule has 0 aromatic heterocycles. The summed E-state index contributed by atoms with van der Waals surface area (Å²) in [5, 5.41) is 9.97. The minimum absolute atomic E-state index is 0.0588. The highest BCUT2D eigenvalue weighted by atomic mass is 79.9. The topological polar surface area (TPSA) is 49.7 Å². The molecule has 0 radical (unpaired) electrons. The number of carbonyl (C=O) groups is 1. The molecule has 0 bridgehead atoms. The summed E-state index contributed by atoms with van der Waals surface area (Å²) in [4.78, 5) is 15.5. The molecule has 2 rings (SSSR count). The normalized spacial score (nSPS) is 16.2. The second kappa shape index (κ2) is 6.01. The lowest BCUT2D eigenvalue weighted by atomic mass is 10.0. The van der Waals surface area contributed by atoms with Gasteiger partial charge in [0.15, 0.2) is 17.4 Å². The Morgan fingerprint density at radius 1 is 1.38 bits per heavy atom. The number of aliphatic hydroxyl groups excluding tert-OH is 1. The number of ketones is 1. The van der Waals surface area contributed by atoms with Crippen molar-refractivity contribution in [1.82, 2.24) is 0 Å². The lowest BCUT2D eigenvalue weighted by Crippen LogP contribution is -2.07. The predicted molar refractivity (Wildman–Crippen MR) is 75.8 cm³/mol. The molecule has 3 nitrogen and oxygen atoms in total. The van der Waals surface area contributed by atoms with E-state index in [0.717, 1.165) is 26.0 Å². The molecule has 7 heteroatoms. The van der Waals surface area contributed by atoms with Gasteiger partial charge in [0.2, 0.25) is 0 Å². The van der Waals surface area contributed by atoms with Gasteiger partial charge in [-0.15, -0.1) is 0 Å². The van der Waals surface area contributed by atoms with Gasteiger partial charge >= 0.3 is 0 Å². The van der Waals surface area contributed by atoms with E-state index in [9.17, 15) is 23.1 Å². The molecule has 0 atom stereocenters. The fourth-order valence-corrected chi connectivity index (χ4v) is 2.02. The number of hydrogen-bond donors (Lipinski definition) is 1. The molecular formula is C14H11BrF3NO2. The maximum Gasteiger partial charge on any atom is 0.173 e. The Hall–Kier alpha value is -1.63. The molecule has 1 fully saturated rings.